The first-order chi connectivity index (χ1) is 11.9. The highest BCUT2D eigenvalue weighted by atomic mass is 35.5. The molecule has 2 fully saturated rings. The molecule has 2 atom stereocenters. The van der Waals surface area contributed by atoms with E-state index in [2.05, 4.69) is 5.32 Å². The molecule has 0 heterocycles. The molecule has 2 bridgehead atoms. The van der Waals surface area contributed by atoms with E-state index in [9.17, 15) is 14.0 Å². The summed E-state index contributed by atoms with van der Waals surface area (Å²) in [4.78, 5) is 26.0. The SMILES string of the molecule is CN(C)C(=O)c1cc(NC(=O)C2CC3CCCC(C2)C3N)ccc1F.Cl. The first-order valence-electron chi connectivity index (χ1n) is 8.94. The minimum absolute atomic E-state index is 0. The maximum Gasteiger partial charge on any atom is 0.256 e. The Bertz CT molecular complexity index is 669. The summed E-state index contributed by atoms with van der Waals surface area (Å²) in [6.07, 6.45) is 5.02. The number of hydrogen-bond acceptors (Lipinski definition) is 3. The van der Waals surface area contributed by atoms with Crippen molar-refractivity contribution in [2.24, 2.45) is 23.5 Å². The molecule has 0 aliphatic heterocycles. The van der Waals surface area contributed by atoms with Gasteiger partial charge in [-0.05, 0) is 55.7 Å². The fraction of sp³-hybridized carbons (Fsp3) is 0.579. The molecule has 7 heteroatoms. The van der Waals surface area contributed by atoms with Crippen LogP contribution in [0.2, 0.25) is 0 Å². The lowest BCUT2D eigenvalue weighted by molar-refractivity contribution is -0.122. The zero-order valence-electron chi connectivity index (χ0n) is 15.2. The standard InChI is InChI=1S/C19H26FN3O2.ClH/c1-23(2)19(25)15-10-14(6-7-16(15)20)22-18(24)13-8-11-4-3-5-12(9-13)17(11)21;/h6-7,10-13,17H,3-5,8-9,21H2,1-2H3,(H,22,24);1H. The van der Waals surface area contributed by atoms with E-state index in [-0.39, 0.29) is 35.8 Å². The van der Waals surface area contributed by atoms with E-state index in [1.54, 1.807) is 14.1 Å². The average Bonchev–Trinajstić information content (AvgIpc) is 2.55. The van der Waals surface area contributed by atoms with Crippen LogP contribution >= 0.6 is 12.4 Å². The molecule has 0 aromatic heterocycles. The Balaban J connectivity index is 0.00000243. The molecule has 2 aliphatic carbocycles. The molecule has 26 heavy (non-hydrogen) atoms. The largest absolute Gasteiger partial charge is 0.345 e. The second-order valence-corrected chi connectivity index (χ2v) is 7.58. The molecule has 0 radical (unpaired) electrons. The van der Waals surface area contributed by atoms with E-state index in [1.165, 1.54) is 29.5 Å². The Hall–Kier alpha value is -1.66. The van der Waals surface area contributed by atoms with Gasteiger partial charge in [0.2, 0.25) is 5.91 Å². The number of hydrogen-bond donors (Lipinski definition) is 2. The summed E-state index contributed by atoms with van der Waals surface area (Å²) in [6, 6.07) is 4.34. The predicted octanol–water partition coefficient (Wildman–Crippen LogP) is 3.04. The number of nitrogens with zero attached hydrogens (tertiary/aromatic N) is 1. The topological polar surface area (TPSA) is 75.4 Å². The third-order valence-corrected chi connectivity index (χ3v) is 5.65. The van der Waals surface area contributed by atoms with Gasteiger partial charge in [-0.25, -0.2) is 4.39 Å². The highest BCUT2D eigenvalue weighted by molar-refractivity contribution is 5.97. The molecular weight excluding hydrogens is 357 g/mol. The van der Waals surface area contributed by atoms with E-state index < -0.39 is 11.7 Å². The van der Waals surface area contributed by atoms with Crippen LogP contribution in [-0.2, 0) is 4.79 Å². The van der Waals surface area contributed by atoms with Gasteiger partial charge in [-0.3, -0.25) is 9.59 Å². The molecule has 1 aromatic rings. The predicted molar refractivity (Wildman–Crippen MR) is 102 cm³/mol. The van der Waals surface area contributed by atoms with Crippen molar-refractivity contribution < 1.29 is 14.0 Å². The summed E-state index contributed by atoms with van der Waals surface area (Å²) in [5.41, 5.74) is 6.70. The molecular formula is C19H27ClFN3O2. The van der Waals surface area contributed by atoms with Crippen LogP contribution < -0.4 is 11.1 Å². The number of nitrogens with one attached hydrogen (secondary N) is 1. The first-order valence-corrected chi connectivity index (χ1v) is 8.94. The fourth-order valence-electron chi connectivity index (χ4n) is 4.26. The second kappa shape index (κ2) is 8.35. The highest BCUT2D eigenvalue weighted by Crippen LogP contribution is 2.42. The Labute approximate surface area is 159 Å². The van der Waals surface area contributed by atoms with Crippen LogP contribution in [0.1, 0.15) is 42.5 Å². The Morgan fingerprint density at radius 2 is 1.81 bits per heavy atom. The van der Waals surface area contributed by atoms with Gasteiger partial charge in [0.1, 0.15) is 5.82 Å². The Morgan fingerprint density at radius 3 is 2.38 bits per heavy atom. The number of halogens is 2. The molecule has 0 spiro atoms. The summed E-state index contributed by atoms with van der Waals surface area (Å²) in [5.74, 6) is -0.293. The molecule has 5 nitrogen and oxygen atoms in total. The van der Waals surface area contributed by atoms with Gasteiger partial charge in [-0.15, -0.1) is 12.4 Å². The van der Waals surface area contributed by atoms with Crippen molar-refractivity contribution in [1.29, 1.82) is 0 Å². The lowest BCUT2D eigenvalue weighted by Gasteiger charge is -2.43. The minimum atomic E-state index is -0.588. The van der Waals surface area contributed by atoms with Gasteiger partial charge in [0, 0.05) is 31.7 Å². The van der Waals surface area contributed by atoms with Crippen molar-refractivity contribution in [1.82, 2.24) is 4.90 Å². The van der Waals surface area contributed by atoms with E-state index >= 15 is 0 Å². The Morgan fingerprint density at radius 1 is 1.19 bits per heavy atom. The van der Waals surface area contributed by atoms with Crippen molar-refractivity contribution in [2.75, 3.05) is 19.4 Å². The van der Waals surface area contributed by atoms with Gasteiger partial charge in [0.05, 0.1) is 5.56 Å². The molecule has 1 aromatic carbocycles. The zero-order valence-corrected chi connectivity index (χ0v) is 16.0. The van der Waals surface area contributed by atoms with Gasteiger partial charge >= 0.3 is 0 Å². The highest BCUT2D eigenvalue weighted by Gasteiger charge is 2.40. The number of fused-ring (bicyclic) bond motifs is 2. The number of carbonyl (C=O) groups excluding carboxylic acids is 2. The van der Waals surface area contributed by atoms with E-state index in [1.807, 2.05) is 0 Å². The lowest BCUT2D eigenvalue weighted by atomic mass is 9.65. The molecule has 2 unspecified atom stereocenters. The number of anilines is 1. The maximum atomic E-state index is 13.9. The second-order valence-electron chi connectivity index (χ2n) is 7.58. The lowest BCUT2D eigenvalue weighted by Crippen LogP contribution is -2.48. The van der Waals surface area contributed by atoms with E-state index in [0.717, 1.165) is 25.7 Å². The molecule has 144 valence electrons. The monoisotopic (exact) mass is 383 g/mol. The average molecular weight is 384 g/mol. The molecule has 0 saturated heterocycles. The van der Waals surface area contributed by atoms with Crippen LogP contribution in [-0.4, -0.2) is 36.9 Å². The van der Waals surface area contributed by atoms with Crippen molar-refractivity contribution in [3.8, 4) is 0 Å². The van der Waals surface area contributed by atoms with E-state index in [0.29, 0.717) is 17.5 Å². The molecule has 2 aliphatic rings. The van der Waals surface area contributed by atoms with Gasteiger partial charge in [0.25, 0.3) is 5.91 Å². The van der Waals surface area contributed by atoms with E-state index in [4.69, 9.17) is 5.73 Å². The molecule has 3 rings (SSSR count). The fourth-order valence-corrected chi connectivity index (χ4v) is 4.26. The van der Waals surface area contributed by atoms with Crippen LogP contribution in [0.15, 0.2) is 18.2 Å². The molecule has 2 saturated carbocycles. The number of rotatable bonds is 3. The van der Waals surface area contributed by atoms with Crippen LogP contribution in [0.3, 0.4) is 0 Å². The third-order valence-electron chi connectivity index (χ3n) is 5.65. The number of amides is 2. The van der Waals surface area contributed by atoms with Crippen molar-refractivity contribution >= 4 is 29.9 Å². The third kappa shape index (κ3) is 4.18. The van der Waals surface area contributed by atoms with Crippen molar-refractivity contribution in [3.05, 3.63) is 29.6 Å². The number of carbonyl (C=O) groups is 2. The van der Waals surface area contributed by atoms with Crippen molar-refractivity contribution in [3.63, 3.8) is 0 Å². The van der Waals surface area contributed by atoms with Gasteiger partial charge < -0.3 is 16.0 Å². The number of nitrogens with two attached hydrogens (primary N) is 1. The smallest absolute Gasteiger partial charge is 0.256 e. The van der Waals surface area contributed by atoms with Gasteiger partial charge in [-0.1, -0.05) is 6.42 Å². The maximum absolute atomic E-state index is 13.9. The van der Waals surface area contributed by atoms with Crippen LogP contribution in [0.4, 0.5) is 10.1 Å². The normalized spacial score (nSPS) is 27.2. The van der Waals surface area contributed by atoms with Crippen molar-refractivity contribution in [2.45, 2.75) is 38.1 Å². The molecule has 2 amide bonds. The number of benzene rings is 1. The van der Waals surface area contributed by atoms with Crippen LogP contribution in [0, 0.1) is 23.6 Å². The van der Waals surface area contributed by atoms with Gasteiger partial charge in [-0.2, -0.15) is 0 Å². The summed E-state index contributed by atoms with van der Waals surface area (Å²) in [5, 5.41) is 2.86. The quantitative estimate of drug-likeness (QED) is 0.842. The summed E-state index contributed by atoms with van der Waals surface area (Å²) >= 11 is 0. The zero-order chi connectivity index (χ0) is 18.1. The minimum Gasteiger partial charge on any atom is -0.345 e. The Kier molecular flexibility index (Phi) is 6.64. The summed E-state index contributed by atoms with van der Waals surface area (Å²) < 4.78 is 13.9. The molecule has 3 N–H and O–H groups in total. The van der Waals surface area contributed by atoms with Crippen LogP contribution in [0.5, 0.6) is 0 Å². The first kappa shape index (κ1) is 20.6. The van der Waals surface area contributed by atoms with Gasteiger partial charge in [0.15, 0.2) is 0 Å². The summed E-state index contributed by atoms with van der Waals surface area (Å²) in [6.45, 7) is 0. The summed E-state index contributed by atoms with van der Waals surface area (Å²) in [7, 11) is 3.13. The van der Waals surface area contributed by atoms with Crippen LogP contribution in [0.25, 0.3) is 0 Å².